The first-order valence-corrected chi connectivity index (χ1v) is 8.70. The van der Waals surface area contributed by atoms with Crippen molar-refractivity contribution in [2.75, 3.05) is 6.54 Å². The second kappa shape index (κ2) is 7.99. The Kier molecular flexibility index (Phi) is 5.49. The third-order valence-electron chi connectivity index (χ3n) is 4.61. The average Bonchev–Trinajstić information content (AvgIpc) is 2.66. The zero-order valence-electron chi connectivity index (χ0n) is 14.6. The van der Waals surface area contributed by atoms with E-state index in [-0.39, 0.29) is 29.6 Å². The number of aryl methyl sites for hydroxylation is 1. The summed E-state index contributed by atoms with van der Waals surface area (Å²) in [5.41, 5.74) is 7.13. The van der Waals surface area contributed by atoms with Gasteiger partial charge in [-0.1, -0.05) is 24.3 Å². The maximum atomic E-state index is 13.8. The molecule has 0 radical (unpaired) electrons. The van der Waals surface area contributed by atoms with Gasteiger partial charge in [-0.3, -0.25) is 14.4 Å². The number of carbonyl (C=O) groups excluding carboxylic acids is 3. The lowest BCUT2D eigenvalue weighted by Gasteiger charge is -2.26. The normalized spacial score (nSPS) is 15.5. The van der Waals surface area contributed by atoms with E-state index in [4.69, 9.17) is 5.73 Å². The predicted molar refractivity (Wildman–Crippen MR) is 97.5 cm³/mol. The van der Waals surface area contributed by atoms with E-state index in [1.807, 2.05) is 24.3 Å². The van der Waals surface area contributed by atoms with E-state index in [0.717, 1.165) is 37.0 Å². The highest BCUT2D eigenvalue weighted by atomic mass is 19.1. The van der Waals surface area contributed by atoms with Crippen molar-refractivity contribution in [1.29, 1.82) is 0 Å². The quantitative estimate of drug-likeness (QED) is 0.750. The second-order valence-corrected chi connectivity index (χ2v) is 6.45. The predicted octanol–water partition coefficient (Wildman–Crippen LogP) is 1.85. The number of halogens is 1. The third-order valence-corrected chi connectivity index (χ3v) is 4.61. The average molecular weight is 369 g/mol. The Hall–Kier alpha value is -3.22. The maximum absolute atomic E-state index is 13.8. The van der Waals surface area contributed by atoms with Crippen LogP contribution in [0.3, 0.4) is 0 Å². The smallest absolute Gasteiger partial charge is 0.254 e. The largest absolute Gasteiger partial charge is 0.366 e. The molecule has 7 heteroatoms. The van der Waals surface area contributed by atoms with Crippen LogP contribution in [-0.4, -0.2) is 24.3 Å². The molecule has 0 bridgehead atoms. The van der Waals surface area contributed by atoms with Gasteiger partial charge in [0.25, 0.3) is 5.91 Å². The molecule has 2 aromatic rings. The van der Waals surface area contributed by atoms with E-state index < -0.39 is 17.6 Å². The second-order valence-electron chi connectivity index (χ2n) is 6.45. The fraction of sp³-hybridized carbons (Fsp3) is 0.250. The Morgan fingerprint density at radius 2 is 1.93 bits per heavy atom. The summed E-state index contributed by atoms with van der Waals surface area (Å²) in [6.07, 6.45) is 2.78. The number of hydrogen-bond donors (Lipinski definition) is 3. The van der Waals surface area contributed by atoms with Crippen LogP contribution in [0.5, 0.6) is 0 Å². The molecule has 0 aromatic heterocycles. The Balaban J connectivity index is 1.61. The molecule has 1 aliphatic carbocycles. The maximum Gasteiger partial charge on any atom is 0.254 e. The van der Waals surface area contributed by atoms with E-state index in [0.29, 0.717) is 0 Å². The minimum Gasteiger partial charge on any atom is -0.366 e. The number of nitrogens with one attached hydrogen (secondary N) is 2. The Bertz CT molecular complexity index is 898. The topological polar surface area (TPSA) is 101 Å². The van der Waals surface area contributed by atoms with Crippen molar-refractivity contribution >= 4 is 17.7 Å². The molecule has 0 spiro atoms. The van der Waals surface area contributed by atoms with E-state index in [1.165, 1.54) is 11.6 Å². The number of hydrogen-bond acceptors (Lipinski definition) is 3. The number of nitrogens with two attached hydrogens (primary N) is 1. The Labute approximate surface area is 155 Å². The lowest BCUT2D eigenvalue weighted by Crippen LogP contribution is -2.39. The fourth-order valence-electron chi connectivity index (χ4n) is 3.26. The Morgan fingerprint density at radius 3 is 2.70 bits per heavy atom. The molecule has 140 valence electrons. The molecule has 6 nitrogen and oxygen atoms in total. The number of carbonyl (C=O) groups is 3. The summed E-state index contributed by atoms with van der Waals surface area (Å²) >= 11 is 0. The van der Waals surface area contributed by atoms with Gasteiger partial charge >= 0.3 is 0 Å². The summed E-state index contributed by atoms with van der Waals surface area (Å²) in [6, 6.07) is 11.1. The minimum absolute atomic E-state index is 0.0183. The van der Waals surface area contributed by atoms with Crippen molar-refractivity contribution in [3.8, 4) is 0 Å². The van der Waals surface area contributed by atoms with Crippen molar-refractivity contribution < 1.29 is 18.8 Å². The Morgan fingerprint density at radius 1 is 1.15 bits per heavy atom. The summed E-state index contributed by atoms with van der Waals surface area (Å²) in [7, 11) is 0. The highest BCUT2D eigenvalue weighted by Crippen LogP contribution is 2.29. The molecule has 3 amide bonds. The summed E-state index contributed by atoms with van der Waals surface area (Å²) in [6.45, 7) is -0.294. The van der Waals surface area contributed by atoms with Crippen molar-refractivity contribution in [1.82, 2.24) is 10.6 Å². The molecule has 4 N–H and O–H groups in total. The molecule has 3 rings (SSSR count). The first kappa shape index (κ1) is 18.6. The van der Waals surface area contributed by atoms with Gasteiger partial charge in [-0.05, 0) is 48.6 Å². The molecule has 1 aliphatic rings. The molecule has 1 unspecified atom stereocenters. The highest BCUT2D eigenvalue weighted by molar-refractivity contribution is 6.00. The fourth-order valence-corrected chi connectivity index (χ4v) is 3.26. The number of primary amides is 1. The van der Waals surface area contributed by atoms with Crippen molar-refractivity contribution in [3.05, 3.63) is 70.5 Å². The standard InChI is InChI=1S/C20H20FN3O3/c21-16-9-8-13(19(22)26)10-15(16)20(27)23-11-18(25)24-17-7-3-5-12-4-1-2-6-14(12)17/h1-2,4,6,8-10,17H,3,5,7,11H2,(H2,22,26)(H,23,27)(H,24,25). The summed E-state index contributed by atoms with van der Waals surface area (Å²) in [5.74, 6) is -2.71. The van der Waals surface area contributed by atoms with Gasteiger partial charge in [0.2, 0.25) is 11.8 Å². The lowest BCUT2D eigenvalue weighted by atomic mass is 9.88. The molecule has 2 aromatic carbocycles. The van der Waals surface area contributed by atoms with Crippen LogP contribution in [0.2, 0.25) is 0 Å². The van der Waals surface area contributed by atoms with Gasteiger partial charge in [0.15, 0.2) is 0 Å². The van der Waals surface area contributed by atoms with Crippen LogP contribution < -0.4 is 16.4 Å². The van der Waals surface area contributed by atoms with E-state index >= 15 is 0 Å². The van der Waals surface area contributed by atoms with Crippen molar-refractivity contribution in [2.45, 2.75) is 25.3 Å². The first-order valence-electron chi connectivity index (χ1n) is 8.70. The molecule has 0 saturated heterocycles. The van der Waals surface area contributed by atoms with Crippen LogP contribution in [0.1, 0.15) is 50.7 Å². The SMILES string of the molecule is NC(=O)c1ccc(F)c(C(=O)NCC(=O)NC2CCCc3ccccc32)c1. The number of fused-ring (bicyclic) bond motifs is 1. The van der Waals surface area contributed by atoms with Crippen LogP contribution in [0, 0.1) is 5.82 Å². The van der Waals surface area contributed by atoms with Crippen LogP contribution >= 0.6 is 0 Å². The minimum atomic E-state index is -0.792. The van der Waals surface area contributed by atoms with Crippen LogP contribution in [0.25, 0.3) is 0 Å². The van der Waals surface area contributed by atoms with Gasteiger partial charge in [-0.15, -0.1) is 0 Å². The van der Waals surface area contributed by atoms with E-state index in [1.54, 1.807) is 0 Å². The molecule has 1 atom stereocenters. The van der Waals surface area contributed by atoms with Gasteiger partial charge < -0.3 is 16.4 Å². The molecule has 0 aliphatic heterocycles. The molecule has 0 fully saturated rings. The van der Waals surface area contributed by atoms with E-state index in [2.05, 4.69) is 10.6 Å². The number of amides is 3. The molecule has 0 heterocycles. The zero-order valence-corrected chi connectivity index (χ0v) is 14.6. The summed E-state index contributed by atoms with van der Waals surface area (Å²) in [5, 5.41) is 5.28. The highest BCUT2D eigenvalue weighted by Gasteiger charge is 2.22. The van der Waals surface area contributed by atoms with Crippen LogP contribution in [0.15, 0.2) is 42.5 Å². The summed E-state index contributed by atoms with van der Waals surface area (Å²) in [4.78, 5) is 35.6. The van der Waals surface area contributed by atoms with Gasteiger partial charge in [-0.2, -0.15) is 0 Å². The van der Waals surface area contributed by atoms with Crippen molar-refractivity contribution in [2.24, 2.45) is 5.73 Å². The van der Waals surface area contributed by atoms with Gasteiger partial charge in [0, 0.05) is 5.56 Å². The molecular formula is C20H20FN3O3. The lowest BCUT2D eigenvalue weighted by molar-refractivity contribution is -0.121. The van der Waals surface area contributed by atoms with Gasteiger partial charge in [-0.25, -0.2) is 4.39 Å². The number of rotatable bonds is 5. The molecule has 27 heavy (non-hydrogen) atoms. The molecule has 0 saturated carbocycles. The van der Waals surface area contributed by atoms with Gasteiger partial charge in [0.05, 0.1) is 18.2 Å². The molecular weight excluding hydrogens is 349 g/mol. The third kappa shape index (κ3) is 4.31. The van der Waals surface area contributed by atoms with Crippen LogP contribution in [-0.2, 0) is 11.2 Å². The summed E-state index contributed by atoms with van der Waals surface area (Å²) < 4.78 is 13.8. The van der Waals surface area contributed by atoms with Gasteiger partial charge in [0.1, 0.15) is 5.82 Å². The monoisotopic (exact) mass is 369 g/mol. The van der Waals surface area contributed by atoms with Crippen molar-refractivity contribution in [3.63, 3.8) is 0 Å². The van der Waals surface area contributed by atoms with Crippen LogP contribution in [0.4, 0.5) is 4.39 Å². The zero-order chi connectivity index (χ0) is 19.4. The number of benzene rings is 2. The first-order chi connectivity index (χ1) is 13.0. The van der Waals surface area contributed by atoms with E-state index in [9.17, 15) is 18.8 Å².